The number of benzene rings is 12. The van der Waals surface area contributed by atoms with Crippen LogP contribution in [-0.4, -0.2) is 104 Å². The number of hydrogen-bond donors (Lipinski definition) is 0. The zero-order chi connectivity index (χ0) is 93.4. The van der Waals surface area contributed by atoms with Crippen molar-refractivity contribution in [3.63, 3.8) is 0 Å². The minimum atomic E-state index is -0.252. The van der Waals surface area contributed by atoms with Gasteiger partial charge in [-0.15, -0.1) is 40.8 Å². The Morgan fingerprint density at radius 2 is 0.485 bits per heavy atom. The molecule has 8 heterocycles. The molecule has 0 aliphatic heterocycles. The van der Waals surface area contributed by atoms with E-state index in [1.165, 1.54) is 0 Å². The molecule has 0 radical (unpaired) electrons. The van der Waals surface area contributed by atoms with Gasteiger partial charge in [-0.2, -0.15) is 0 Å². The topological polar surface area (TPSA) is 211 Å². The molecule has 0 saturated carbocycles. The van der Waals surface area contributed by atoms with Crippen molar-refractivity contribution in [1.82, 2.24) is 79.0 Å². The van der Waals surface area contributed by atoms with Gasteiger partial charge in [-0.05, 0) is 261 Å². The highest BCUT2D eigenvalue weighted by atomic mass is 16.5. The van der Waals surface area contributed by atoms with Crippen LogP contribution in [0.4, 0.5) is 0 Å². The lowest BCUT2D eigenvalue weighted by Gasteiger charge is -2.21. The molecule has 1 unspecified atom stereocenters. The Morgan fingerprint density at radius 3 is 0.721 bits per heavy atom. The zero-order valence-electron chi connectivity index (χ0n) is 77.2. The highest BCUT2D eigenvalue weighted by Crippen LogP contribution is 2.38. The molecule has 0 fully saturated rings. The maximum atomic E-state index is 5.99. The van der Waals surface area contributed by atoms with E-state index in [0.29, 0.717) is 12.5 Å². The molecule has 136 heavy (non-hydrogen) atoms. The second-order valence-electron chi connectivity index (χ2n) is 33.9. The predicted molar refractivity (Wildman–Crippen MR) is 543 cm³/mol. The van der Waals surface area contributed by atoms with Crippen LogP contribution in [0.2, 0.25) is 0 Å². The third-order valence-electron chi connectivity index (χ3n) is 22.4. The van der Waals surface area contributed by atoms with Crippen LogP contribution in [0.15, 0.2) is 414 Å². The van der Waals surface area contributed by atoms with E-state index in [2.05, 4.69) is 283 Å². The highest BCUT2D eigenvalue weighted by Gasteiger charge is 2.24. The van der Waals surface area contributed by atoms with Gasteiger partial charge in [0, 0.05) is 117 Å². The largest absolute Gasteiger partial charge is 0.494 e. The van der Waals surface area contributed by atoms with Crippen LogP contribution < -0.4 is 18.9 Å². The Hall–Kier alpha value is -17.0. The number of rotatable bonds is 27. The summed E-state index contributed by atoms with van der Waals surface area (Å²) in [6.45, 7) is 18.2. The number of aromatic nitrogens is 16. The van der Waals surface area contributed by atoms with Gasteiger partial charge >= 0.3 is 0 Å². The van der Waals surface area contributed by atoms with Gasteiger partial charge in [0.15, 0.2) is 46.6 Å². The molecule has 20 heteroatoms. The Morgan fingerprint density at radius 1 is 0.250 bits per heavy atom. The summed E-state index contributed by atoms with van der Waals surface area (Å²) in [6.07, 6.45) is 17.9. The first-order valence-electron chi connectivity index (χ1n) is 45.8. The van der Waals surface area contributed by atoms with E-state index in [-0.39, 0.29) is 11.7 Å². The van der Waals surface area contributed by atoms with Crippen LogP contribution in [0.3, 0.4) is 0 Å². The number of pyridine rings is 4. The van der Waals surface area contributed by atoms with Crippen molar-refractivity contribution in [3.8, 4) is 181 Å². The van der Waals surface area contributed by atoms with Gasteiger partial charge in [0.25, 0.3) is 0 Å². The summed E-state index contributed by atoms with van der Waals surface area (Å²) in [5.41, 5.74) is 20.4. The molecule has 0 aliphatic carbocycles. The molecular formula is C116H104N16O4. The molecule has 0 amide bonds. The molecule has 20 aromatic rings. The fourth-order valence-electron chi connectivity index (χ4n) is 15.3. The standard InChI is InChI=1S/4C29H26N4O/c1-29(2,3)34-26-17-13-23(14-18-26)28-32-31-27(22-8-5-4-6-9-22)33(28)25-15-11-21(12-16-25)24-10-7-19-30-20-24;1-21(2)20-34-27-16-12-24(13-17-27)29-32-31-28(23-7-4-3-5-8-23)33(29)26-14-10-22(11-15-26)25-9-6-18-30-19-25;1-3-21(2)34-27-17-13-24(14-18-27)29-32-31-28(23-8-5-4-6-9-23)33(29)26-15-11-22(12-16-26)25-10-7-19-30-20-25;1-2-3-20-34-27-17-13-24(14-18-27)29-32-31-28(23-8-5-4-6-9-23)33(29)26-15-11-22(12-16-26)25-10-7-19-30-21-25/h4-20H,1-3H3;3-19,21H,20H2,1-2H3;4-21H,3H2,1-2H3;4-19,21H,2-3,20H2,1H3. The summed E-state index contributed by atoms with van der Waals surface area (Å²) in [6, 6.07) is 122. The first-order chi connectivity index (χ1) is 66.7. The van der Waals surface area contributed by atoms with Gasteiger partial charge < -0.3 is 18.9 Å². The Bertz CT molecular complexity index is 7120. The molecule has 0 aliphatic rings. The van der Waals surface area contributed by atoms with Crippen LogP contribution in [0.5, 0.6) is 23.0 Å². The van der Waals surface area contributed by atoms with Gasteiger partial charge in [0.2, 0.25) is 0 Å². The summed E-state index contributed by atoms with van der Waals surface area (Å²) in [4.78, 5) is 16.9. The lowest BCUT2D eigenvalue weighted by atomic mass is 10.1. The molecule has 0 N–H and O–H groups in total. The van der Waals surface area contributed by atoms with Crippen molar-refractivity contribution in [2.24, 2.45) is 5.92 Å². The molecule has 12 aromatic carbocycles. The van der Waals surface area contributed by atoms with E-state index in [9.17, 15) is 0 Å². The van der Waals surface area contributed by atoms with E-state index in [1.807, 2.05) is 240 Å². The molecular weight excluding hydrogens is 1680 g/mol. The Labute approximate surface area is 793 Å². The van der Waals surface area contributed by atoms with Crippen molar-refractivity contribution in [2.45, 2.75) is 86.4 Å². The normalized spacial score (nSPS) is 11.3. The third-order valence-corrected chi connectivity index (χ3v) is 22.4. The van der Waals surface area contributed by atoms with Crippen LogP contribution >= 0.6 is 0 Å². The second kappa shape index (κ2) is 43.8. The summed E-state index contributed by atoms with van der Waals surface area (Å²) in [5, 5.41) is 36.6. The number of hydrogen-bond acceptors (Lipinski definition) is 16. The van der Waals surface area contributed by atoms with Crippen molar-refractivity contribution in [3.05, 3.63) is 414 Å². The van der Waals surface area contributed by atoms with E-state index in [4.69, 9.17) is 18.9 Å². The maximum absolute atomic E-state index is 5.99. The minimum Gasteiger partial charge on any atom is -0.494 e. The maximum Gasteiger partial charge on any atom is 0.168 e. The lowest BCUT2D eigenvalue weighted by molar-refractivity contribution is 0.131. The van der Waals surface area contributed by atoms with Crippen molar-refractivity contribution < 1.29 is 18.9 Å². The van der Waals surface area contributed by atoms with Crippen molar-refractivity contribution >= 4 is 0 Å². The first-order valence-corrected chi connectivity index (χ1v) is 45.8. The molecule has 8 aromatic heterocycles. The molecule has 20 rings (SSSR count). The Balaban J connectivity index is 0.000000126. The summed E-state index contributed by atoms with van der Waals surface area (Å²) in [7, 11) is 0. The van der Waals surface area contributed by atoms with E-state index in [0.717, 1.165) is 207 Å². The fraction of sp³-hybridized carbons (Fsp3) is 0.138. The van der Waals surface area contributed by atoms with Crippen LogP contribution in [-0.2, 0) is 0 Å². The number of nitrogens with zero attached hydrogens (tertiary/aromatic N) is 16. The predicted octanol–water partition coefficient (Wildman–Crippen LogP) is 27.2. The van der Waals surface area contributed by atoms with Crippen LogP contribution in [0.1, 0.15) is 74.7 Å². The number of unbranched alkanes of at least 4 members (excludes halogenated alkanes) is 1. The van der Waals surface area contributed by atoms with Gasteiger partial charge in [-0.25, -0.2) is 0 Å². The summed E-state index contributed by atoms with van der Waals surface area (Å²) >= 11 is 0. The Kier molecular flexibility index (Phi) is 29.3. The number of ether oxygens (including phenoxy) is 4. The zero-order valence-corrected chi connectivity index (χ0v) is 77.2. The van der Waals surface area contributed by atoms with Crippen molar-refractivity contribution in [2.75, 3.05) is 13.2 Å². The smallest absolute Gasteiger partial charge is 0.168 e. The molecule has 672 valence electrons. The highest BCUT2D eigenvalue weighted by molar-refractivity contribution is 5.76. The monoisotopic (exact) mass is 1780 g/mol. The molecule has 1 atom stereocenters. The van der Waals surface area contributed by atoms with Gasteiger partial charge in [-0.3, -0.25) is 38.2 Å². The van der Waals surface area contributed by atoms with Gasteiger partial charge in [-0.1, -0.05) is 228 Å². The molecule has 0 saturated heterocycles. The van der Waals surface area contributed by atoms with Crippen LogP contribution in [0.25, 0.3) is 158 Å². The fourth-order valence-corrected chi connectivity index (χ4v) is 15.3. The lowest BCUT2D eigenvalue weighted by Crippen LogP contribution is -2.22. The average molecular weight is 1790 g/mol. The molecule has 0 bridgehead atoms. The van der Waals surface area contributed by atoms with Gasteiger partial charge in [0.05, 0.1) is 19.3 Å². The second-order valence-corrected chi connectivity index (χ2v) is 33.9. The van der Waals surface area contributed by atoms with Crippen LogP contribution in [0, 0.1) is 5.92 Å². The third kappa shape index (κ3) is 22.6. The van der Waals surface area contributed by atoms with E-state index in [1.54, 1.807) is 24.8 Å². The SMILES string of the molecule is CC(C)(C)Oc1ccc(-c2nnc(-c3ccccc3)n2-c2ccc(-c3cccnc3)cc2)cc1.CC(C)COc1ccc(-c2nnc(-c3ccccc3)n2-c2ccc(-c3cccnc3)cc2)cc1.CCC(C)Oc1ccc(-c2nnc(-c3ccccc3)n2-c2ccc(-c3cccnc3)cc2)cc1.CCCCOc1ccc(-c2nnc(-c3ccccc3)n2-c2ccc(-c3cccnc3)cc2)cc1. The molecule has 0 spiro atoms. The van der Waals surface area contributed by atoms with E-state index >= 15 is 0 Å². The minimum absolute atomic E-state index is 0.178. The first kappa shape index (κ1) is 90.9. The van der Waals surface area contributed by atoms with E-state index < -0.39 is 0 Å². The molecule has 20 nitrogen and oxygen atoms in total. The van der Waals surface area contributed by atoms with Crippen molar-refractivity contribution in [1.29, 1.82) is 0 Å². The average Bonchev–Trinajstić information content (AvgIpc) is 1.64. The summed E-state index contributed by atoms with van der Waals surface area (Å²) in [5.74, 6) is 10.2. The van der Waals surface area contributed by atoms with Gasteiger partial charge in [0.1, 0.15) is 28.6 Å². The summed E-state index contributed by atoms with van der Waals surface area (Å²) < 4.78 is 32.0. The quantitative estimate of drug-likeness (QED) is 0.0438.